The molecule has 2 heteroatoms. The van der Waals surface area contributed by atoms with Gasteiger partial charge >= 0.3 is 0 Å². The van der Waals surface area contributed by atoms with Crippen LogP contribution in [0.5, 0.6) is 0 Å². The van der Waals surface area contributed by atoms with E-state index in [0.29, 0.717) is 5.41 Å². The normalized spacial score (nSPS) is 34.3. The fourth-order valence-electron chi connectivity index (χ4n) is 2.98. The van der Waals surface area contributed by atoms with Crippen LogP contribution in [0.15, 0.2) is 0 Å². The van der Waals surface area contributed by atoms with Gasteiger partial charge in [0.15, 0.2) is 0 Å². The lowest BCUT2D eigenvalue weighted by Gasteiger charge is -2.45. The minimum Gasteiger partial charge on any atom is -0.316 e. The van der Waals surface area contributed by atoms with Crippen LogP contribution in [-0.2, 0) is 0 Å². The maximum absolute atomic E-state index is 3.55. The van der Waals surface area contributed by atoms with Gasteiger partial charge < -0.3 is 10.2 Å². The Morgan fingerprint density at radius 3 is 2.57 bits per heavy atom. The molecule has 0 bridgehead atoms. The molecule has 2 fully saturated rings. The number of nitrogens with one attached hydrogen (secondary N) is 1. The van der Waals surface area contributed by atoms with E-state index < -0.39 is 0 Å². The van der Waals surface area contributed by atoms with Gasteiger partial charge in [-0.1, -0.05) is 6.92 Å². The van der Waals surface area contributed by atoms with E-state index in [1.165, 1.54) is 51.9 Å². The van der Waals surface area contributed by atoms with Gasteiger partial charge in [0.25, 0.3) is 0 Å². The largest absolute Gasteiger partial charge is 0.316 e. The Bertz CT molecular complexity index is 177. The summed E-state index contributed by atoms with van der Waals surface area (Å²) in [5, 5.41) is 3.55. The summed E-state index contributed by atoms with van der Waals surface area (Å²) in [7, 11) is 2.25. The summed E-state index contributed by atoms with van der Waals surface area (Å²) < 4.78 is 0. The van der Waals surface area contributed by atoms with E-state index in [4.69, 9.17) is 0 Å². The predicted molar refractivity (Wildman–Crippen MR) is 60.4 cm³/mol. The lowest BCUT2D eigenvalue weighted by Crippen LogP contribution is -2.45. The first kappa shape index (κ1) is 10.4. The van der Waals surface area contributed by atoms with Gasteiger partial charge in [0.1, 0.15) is 0 Å². The lowest BCUT2D eigenvalue weighted by atomic mass is 9.68. The maximum Gasteiger partial charge on any atom is -0.00153 e. The van der Waals surface area contributed by atoms with E-state index in [-0.39, 0.29) is 0 Å². The van der Waals surface area contributed by atoms with Gasteiger partial charge in [-0.05, 0) is 70.2 Å². The van der Waals surface area contributed by atoms with Crippen molar-refractivity contribution in [2.75, 3.05) is 33.2 Å². The van der Waals surface area contributed by atoms with Crippen molar-refractivity contribution in [1.29, 1.82) is 0 Å². The quantitative estimate of drug-likeness (QED) is 0.687. The number of hydrogen-bond acceptors (Lipinski definition) is 2. The molecule has 0 aliphatic carbocycles. The summed E-state index contributed by atoms with van der Waals surface area (Å²) in [6.07, 6.45) is 5.63. The standard InChI is InChI=1S/C12H24N2/c1-12(5-8-14(2)9-6-12)11-4-3-7-13-10-11/h11,13H,3-10H2,1-2H3. The number of hydrogen-bond donors (Lipinski definition) is 1. The van der Waals surface area contributed by atoms with Crippen molar-refractivity contribution in [3.63, 3.8) is 0 Å². The van der Waals surface area contributed by atoms with E-state index in [1.807, 2.05) is 0 Å². The van der Waals surface area contributed by atoms with Crippen molar-refractivity contribution < 1.29 is 0 Å². The first-order valence-electron chi connectivity index (χ1n) is 6.10. The molecule has 14 heavy (non-hydrogen) atoms. The number of nitrogens with zero attached hydrogens (tertiary/aromatic N) is 1. The van der Waals surface area contributed by atoms with Crippen molar-refractivity contribution >= 4 is 0 Å². The summed E-state index contributed by atoms with van der Waals surface area (Å²) in [5.41, 5.74) is 0.625. The zero-order chi connectivity index (χ0) is 10.0. The highest BCUT2D eigenvalue weighted by atomic mass is 15.1. The third-order valence-electron chi connectivity index (χ3n) is 4.41. The molecule has 82 valence electrons. The van der Waals surface area contributed by atoms with E-state index in [1.54, 1.807) is 0 Å². The summed E-state index contributed by atoms with van der Waals surface area (Å²) in [6.45, 7) is 7.62. The molecule has 2 nitrogen and oxygen atoms in total. The highest BCUT2D eigenvalue weighted by Crippen LogP contribution is 2.40. The molecule has 2 saturated heterocycles. The van der Waals surface area contributed by atoms with Crippen LogP contribution >= 0.6 is 0 Å². The minimum absolute atomic E-state index is 0.625. The number of piperidine rings is 2. The minimum atomic E-state index is 0.625. The zero-order valence-corrected chi connectivity index (χ0v) is 9.68. The molecule has 2 heterocycles. The SMILES string of the molecule is CN1CCC(C)(C2CCCNC2)CC1. The molecule has 0 aromatic rings. The molecule has 1 atom stereocenters. The van der Waals surface area contributed by atoms with Gasteiger partial charge in [-0.3, -0.25) is 0 Å². The molecule has 0 spiro atoms. The predicted octanol–water partition coefficient (Wildman–Crippen LogP) is 1.72. The van der Waals surface area contributed by atoms with Crippen LogP contribution in [0.25, 0.3) is 0 Å². The summed E-state index contributed by atoms with van der Waals surface area (Å²) in [5.74, 6) is 0.935. The van der Waals surface area contributed by atoms with Gasteiger partial charge in [0.05, 0.1) is 0 Å². The van der Waals surface area contributed by atoms with Crippen molar-refractivity contribution in [1.82, 2.24) is 10.2 Å². The Hall–Kier alpha value is -0.0800. The molecular weight excluding hydrogens is 172 g/mol. The molecule has 2 rings (SSSR count). The van der Waals surface area contributed by atoms with Crippen LogP contribution in [0.3, 0.4) is 0 Å². The molecule has 0 saturated carbocycles. The van der Waals surface area contributed by atoms with Gasteiger partial charge in [-0.2, -0.15) is 0 Å². The lowest BCUT2D eigenvalue weighted by molar-refractivity contribution is 0.0619. The Balaban J connectivity index is 1.93. The van der Waals surface area contributed by atoms with Crippen LogP contribution in [0.4, 0.5) is 0 Å². The van der Waals surface area contributed by atoms with E-state index >= 15 is 0 Å². The first-order valence-corrected chi connectivity index (χ1v) is 6.10. The van der Waals surface area contributed by atoms with E-state index in [2.05, 4.69) is 24.2 Å². The monoisotopic (exact) mass is 196 g/mol. The average Bonchev–Trinajstić information content (AvgIpc) is 2.24. The highest BCUT2D eigenvalue weighted by molar-refractivity contribution is 4.89. The third kappa shape index (κ3) is 2.12. The summed E-state index contributed by atoms with van der Waals surface area (Å²) in [4.78, 5) is 2.47. The topological polar surface area (TPSA) is 15.3 Å². The number of rotatable bonds is 1. The zero-order valence-electron chi connectivity index (χ0n) is 9.68. The van der Waals surface area contributed by atoms with Gasteiger partial charge in [-0.15, -0.1) is 0 Å². The third-order valence-corrected chi connectivity index (χ3v) is 4.41. The molecule has 0 aromatic heterocycles. The smallest absolute Gasteiger partial charge is 0.00153 e. The van der Waals surface area contributed by atoms with E-state index in [9.17, 15) is 0 Å². The fourth-order valence-corrected chi connectivity index (χ4v) is 2.98. The molecule has 1 unspecified atom stereocenters. The average molecular weight is 196 g/mol. The van der Waals surface area contributed by atoms with Gasteiger partial charge in [0.2, 0.25) is 0 Å². The van der Waals surface area contributed by atoms with Crippen LogP contribution < -0.4 is 5.32 Å². The Morgan fingerprint density at radius 2 is 2.00 bits per heavy atom. The highest BCUT2D eigenvalue weighted by Gasteiger charge is 2.36. The Morgan fingerprint density at radius 1 is 1.29 bits per heavy atom. The summed E-state index contributed by atoms with van der Waals surface area (Å²) in [6, 6.07) is 0. The van der Waals surface area contributed by atoms with Crippen molar-refractivity contribution in [2.24, 2.45) is 11.3 Å². The Labute approximate surface area is 88.1 Å². The summed E-state index contributed by atoms with van der Waals surface area (Å²) >= 11 is 0. The van der Waals surface area contributed by atoms with Crippen LogP contribution in [0, 0.1) is 11.3 Å². The molecule has 0 radical (unpaired) electrons. The van der Waals surface area contributed by atoms with Crippen LogP contribution in [-0.4, -0.2) is 38.1 Å². The second kappa shape index (κ2) is 4.19. The van der Waals surface area contributed by atoms with Crippen molar-refractivity contribution in [2.45, 2.75) is 32.6 Å². The molecule has 0 amide bonds. The maximum atomic E-state index is 3.55. The molecule has 0 aromatic carbocycles. The van der Waals surface area contributed by atoms with Crippen molar-refractivity contribution in [3.8, 4) is 0 Å². The van der Waals surface area contributed by atoms with Gasteiger partial charge in [-0.25, -0.2) is 0 Å². The molecular formula is C12H24N2. The van der Waals surface area contributed by atoms with Crippen LogP contribution in [0.1, 0.15) is 32.6 Å². The van der Waals surface area contributed by atoms with E-state index in [0.717, 1.165) is 5.92 Å². The fraction of sp³-hybridized carbons (Fsp3) is 1.00. The second-order valence-electron chi connectivity index (χ2n) is 5.50. The molecule has 1 N–H and O–H groups in total. The Kier molecular flexibility index (Phi) is 3.13. The van der Waals surface area contributed by atoms with Gasteiger partial charge in [0, 0.05) is 0 Å². The van der Waals surface area contributed by atoms with Crippen molar-refractivity contribution in [3.05, 3.63) is 0 Å². The number of likely N-dealkylation sites (tertiary alicyclic amines) is 1. The molecule has 2 aliphatic rings. The second-order valence-corrected chi connectivity index (χ2v) is 5.50. The first-order chi connectivity index (χ1) is 6.71. The molecule has 2 aliphatic heterocycles. The van der Waals surface area contributed by atoms with Crippen LogP contribution in [0.2, 0.25) is 0 Å².